The van der Waals surface area contributed by atoms with Gasteiger partial charge in [0.2, 0.25) is 0 Å². The summed E-state index contributed by atoms with van der Waals surface area (Å²) in [6, 6.07) is 5.96. The van der Waals surface area contributed by atoms with Gasteiger partial charge in [-0.05, 0) is 50.8 Å². The van der Waals surface area contributed by atoms with Crippen LogP contribution in [0.2, 0.25) is 0 Å². The second kappa shape index (κ2) is 7.49. The fourth-order valence-corrected chi connectivity index (χ4v) is 2.83. The van der Waals surface area contributed by atoms with Crippen LogP contribution in [0.1, 0.15) is 30.9 Å². The van der Waals surface area contributed by atoms with Crippen LogP contribution in [0.15, 0.2) is 18.2 Å². The Morgan fingerprint density at radius 3 is 2.48 bits per heavy atom. The standard InChI is InChI=1S/C18H25NO4/c1-12-5-6-13(2)16(11-12)23-14(3)17(20)19-9-7-15(8-10-19)18(21)22-4/h5-6,11,14-15H,7-10H2,1-4H3. The molecule has 0 N–H and O–H groups in total. The quantitative estimate of drug-likeness (QED) is 0.800. The van der Waals surface area contributed by atoms with E-state index in [2.05, 4.69) is 0 Å². The van der Waals surface area contributed by atoms with E-state index in [4.69, 9.17) is 9.47 Å². The smallest absolute Gasteiger partial charge is 0.308 e. The van der Waals surface area contributed by atoms with E-state index in [9.17, 15) is 9.59 Å². The Bertz CT molecular complexity index is 576. The number of benzene rings is 1. The van der Waals surface area contributed by atoms with Crippen molar-refractivity contribution in [1.82, 2.24) is 4.90 Å². The molecule has 126 valence electrons. The number of rotatable bonds is 4. The summed E-state index contributed by atoms with van der Waals surface area (Å²) in [6.07, 6.45) is 0.758. The van der Waals surface area contributed by atoms with E-state index in [1.807, 2.05) is 32.0 Å². The molecular weight excluding hydrogens is 294 g/mol. The van der Waals surface area contributed by atoms with Crippen LogP contribution in [0.3, 0.4) is 0 Å². The van der Waals surface area contributed by atoms with Gasteiger partial charge in [-0.3, -0.25) is 9.59 Å². The second-order valence-corrected chi connectivity index (χ2v) is 6.15. The zero-order chi connectivity index (χ0) is 17.0. The first-order chi connectivity index (χ1) is 10.9. The molecule has 1 heterocycles. The number of piperidine rings is 1. The maximum atomic E-state index is 12.5. The lowest BCUT2D eigenvalue weighted by Crippen LogP contribution is -2.45. The molecule has 23 heavy (non-hydrogen) atoms. The number of methoxy groups -OCH3 is 1. The van der Waals surface area contributed by atoms with E-state index in [1.54, 1.807) is 11.8 Å². The molecule has 5 heteroatoms. The normalized spacial score (nSPS) is 16.8. The summed E-state index contributed by atoms with van der Waals surface area (Å²) < 4.78 is 10.6. The van der Waals surface area contributed by atoms with Gasteiger partial charge in [-0.25, -0.2) is 0 Å². The van der Waals surface area contributed by atoms with E-state index in [0.29, 0.717) is 25.9 Å². The van der Waals surface area contributed by atoms with Crippen LogP contribution in [-0.4, -0.2) is 43.1 Å². The highest BCUT2D eigenvalue weighted by atomic mass is 16.5. The fourth-order valence-electron chi connectivity index (χ4n) is 2.83. The summed E-state index contributed by atoms with van der Waals surface area (Å²) >= 11 is 0. The van der Waals surface area contributed by atoms with Gasteiger partial charge in [0, 0.05) is 13.1 Å². The Kier molecular flexibility index (Phi) is 5.64. The first kappa shape index (κ1) is 17.3. The van der Waals surface area contributed by atoms with Crippen LogP contribution < -0.4 is 4.74 Å². The highest BCUT2D eigenvalue weighted by Gasteiger charge is 2.30. The van der Waals surface area contributed by atoms with Gasteiger partial charge in [0.1, 0.15) is 5.75 Å². The van der Waals surface area contributed by atoms with E-state index in [-0.39, 0.29) is 17.8 Å². The second-order valence-electron chi connectivity index (χ2n) is 6.15. The van der Waals surface area contributed by atoms with Gasteiger partial charge in [-0.2, -0.15) is 0 Å². The van der Waals surface area contributed by atoms with Crippen LogP contribution in [0.5, 0.6) is 5.75 Å². The molecular formula is C18H25NO4. The average molecular weight is 319 g/mol. The van der Waals surface area contributed by atoms with Gasteiger partial charge >= 0.3 is 5.97 Å². The monoisotopic (exact) mass is 319 g/mol. The average Bonchev–Trinajstić information content (AvgIpc) is 2.56. The number of carbonyl (C=O) groups excluding carboxylic acids is 2. The van der Waals surface area contributed by atoms with Crippen LogP contribution >= 0.6 is 0 Å². The third-order valence-corrected chi connectivity index (χ3v) is 4.34. The lowest BCUT2D eigenvalue weighted by molar-refractivity contribution is -0.150. The van der Waals surface area contributed by atoms with Crippen molar-refractivity contribution in [2.24, 2.45) is 5.92 Å². The van der Waals surface area contributed by atoms with Crippen molar-refractivity contribution in [3.63, 3.8) is 0 Å². The van der Waals surface area contributed by atoms with Gasteiger partial charge < -0.3 is 14.4 Å². The third-order valence-electron chi connectivity index (χ3n) is 4.34. The van der Waals surface area contributed by atoms with Crippen LogP contribution in [0.25, 0.3) is 0 Å². The zero-order valence-electron chi connectivity index (χ0n) is 14.3. The summed E-state index contributed by atoms with van der Waals surface area (Å²) in [4.78, 5) is 25.8. The summed E-state index contributed by atoms with van der Waals surface area (Å²) in [7, 11) is 1.40. The number of nitrogens with zero attached hydrogens (tertiary/aromatic N) is 1. The van der Waals surface area contributed by atoms with E-state index < -0.39 is 6.10 Å². The SMILES string of the molecule is COC(=O)C1CCN(C(=O)C(C)Oc2cc(C)ccc2C)CC1. The third kappa shape index (κ3) is 4.24. The van der Waals surface area contributed by atoms with Crippen molar-refractivity contribution in [3.05, 3.63) is 29.3 Å². The number of ether oxygens (including phenoxy) is 2. The molecule has 0 spiro atoms. The predicted molar refractivity (Wildman–Crippen MR) is 87.3 cm³/mol. The van der Waals surface area contributed by atoms with Gasteiger partial charge in [0.05, 0.1) is 13.0 Å². The Hall–Kier alpha value is -2.04. The summed E-state index contributed by atoms with van der Waals surface area (Å²) in [5, 5.41) is 0. The summed E-state index contributed by atoms with van der Waals surface area (Å²) in [5.74, 6) is 0.431. The van der Waals surface area contributed by atoms with Crippen LogP contribution in [0, 0.1) is 19.8 Å². The van der Waals surface area contributed by atoms with Crippen molar-refractivity contribution < 1.29 is 19.1 Å². The molecule has 0 bridgehead atoms. The van der Waals surface area contributed by atoms with Gasteiger partial charge in [0.25, 0.3) is 5.91 Å². The molecule has 2 rings (SSSR count). The van der Waals surface area contributed by atoms with Gasteiger partial charge in [-0.1, -0.05) is 12.1 Å². The minimum Gasteiger partial charge on any atom is -0.481 e. The largest absolute Gasteiger partial charge is 0.481 e. The minimum atomic E-state index is -0.537. The lowest BCUT2D eigenvalue weighted by Gasteiger charge is -2.32. The summed E-state index contributed by atoms with van der Waals surface area (Å²) in [5.41, 5.74) is 2.11. The summed E-state index contributed by atoms with van der Waals surface area (Å²) in [6.45, 7) is 6.87. The van der Waals surface area contributed by atoms with Crippen molar-refractivity contribution >= 4 is 11.9 Å². The molecule has 0 saturated carbocycles. The van der Waals surface area contributed by atoms with Gasteiger partial charge in [-0.15, -0.1) is 0 Å². The number of aryl methyl sites for hydroxylation is 2. The van der Waals surface area contributed by atoms with E-state index >= 15 is 0 Å². The molecule has 1 amide bonds. The molecule has 0 radical (unpaired) electrons. The Morgan fingerprint density at radius 1 is 1.22 bits per heavy atom. The first-order valence-electron chi connectivity index (χ1n) is 8.03. The first-order valence-corrected chi connectivity index (χ1v) is 8.03. The molecule has 1 aromatic carbocycles. The highest BCUT2D eigenvalue weighted by molar-refractivity contribution is 5.81. The Balaban J connectivity index is 1.93. The maximum absolute atomic E-state index is 12.5. The Morgan fingerprint density at radius 2 is 1.87 bits per heavy atom. The number of hydrogen-bond donors (Lipinski definition) is 0. The number of amides is 1. The molecule has 1 aliphatic heterocycles. The van der Waals surface area contributed by atoms with Crippen LogP contribution in [-0.2, 0) is 14.3 Å². The molecule has 0 aromatic heterocycles. The van der Waals surface area contributed by atoms with Gasteiger partial charge in [0.15, 0.2) is 6.10 Å². The minimum absolute atomic E-state index is 0.0331. The molecule has 1 unspecified atom stereocenters. The molecule has 1 fully saturated rings. The maximum Gasteiger partial charge on any atom is 0.308 e. The number of likely N-dealkylation sites (tertiary alicyclic amines) is 1. The fraction of sp³-hybridized carbons (Fsp3) is 0.556. The van der Waals surface area contributed by atoms with Crippen molar-refractivity contribution in [2.45, 2.75) is 39.7 Å². The molecule has 0 aliphatic carbocycles. The number of hydrogen-bond acceptors (Lipinski definition) is 4. The van der Waals surface area contributed by atoms with Crippen molar-refractivity contribution in [1.29, 1.82) is 0 Å². The van der Waals surface area contributed by atoms with E-state index in [1.165, 1.54) is 7.11 Å². The van der Waals surface area contributed by atoms with E-state index in [0.717, 1.165) is 16.9 Å². The Labute approximate surface area is 137 Å². The lowest BCUT2D eigenvalue weighted by atomic mass is 9.97. The number of esters is 1. The molecule has 1 atom stereocenters. The highest BCUT2D eigenvalue weighted by Crippen LogP contribution is 2.23. The zero-order valence-corrected chi connectivity index (χ0v) is 14.3. The molecule has 1 saturated heterocycles. The topological polar surface area (TPSA) is 55.8 Å². The molecule has 5 nitrogen and oxygen atoms in total. The molecule has 1 aliphatic rings. The molecule has 1 aromatic rings. The number of carbonyl (C=O) groups is 2. The van der Waals surface area contributed by atoms with Crippen molar-refractivity contribution in [2.75, 3.05) is 20.2 Å². The van der Waals surface area contributed by atoms with Crippen LogP contribution in [0.4, 0.5) is 0 Å². The predicted octanol–water partition coefficient (Wildman–Crippen LogP) is 2.48. The van der Waals surface area contributed by atoms with Crippen molar-refractivity contribution in [3.8, 4) is 5.75 Å².